The first-order valence-electron chi connectivity index (χ1n) is 35.1. The van der Waals surface area contributed by atoms with Gasteiger partial charge < -0.3 is 65.1 Å². The minimum Gasteiger partial charge on any atom is -0.394 e. The van der Waals surface area contributed by atoms with E-state index < -0.39 is 86.8 Å². The monoisotopic (exact) mass is 1260 g/mol. The van der Waals surface area contributed by atoms with Gasteiger partial charge in [-0.3, -0.25) is 4.79 Å². The first kappa shape index (κ1) is 82.0. The maximum absolute atomic E-state index is 13.3. The highest BCUT2D eigenvalue weighted by Gasteiger charge is 2.51. The largest absolute Gasteiger partial charge is 0.394 e. The molecule has 0 spiro atoms. The number of unbranched alkanes of at least 4 members (excludes halogenated alkanes) is 20. The Kier molecular flexibility index (Phi) is 53.4. The number of ether oxygens (including phenoxy) is 4. The lowest BCUT2D eigenvalue weighted by Gasteiger charge is -2.46. The number of amides is 1. The van der Waals surface area contributed by atoms with Crippen molar-refractivity contribution in [3.63, 3.8) is 0 Å². The molecule has 2 fully saturated rings. The molecule has 2 rings (SSSR count). The fourth-order valence-corrected chi connectivity index (χ4v) is 10.4. The Morgan fingerprint density at radius 3 is 1.22 bits per heavy atom. The zero-order valence-corrected chi connectivity index (χ0v) is 55.6. The van der Waals surface area contributed by atoms with Crippen LogP contribution in [0.15, 0.2) is 146 Å². The van der Waals surface area contributed by atoms with Gasteiger partial charge in [0, 0.05) is 6.42 Å². The lowest BCUT2D eigenvalue weighted by Crippen LogP contribution is -2.65. The van der Waals surface area contributed by atoms with E-state index in [0.717, 1.165) is 116 Å². The highest BCUT2D eigenvalue weighted by molar-refractivity contribution is 5.76. The Morgan fingerprint density at radius 2 is 0.778 bits per heavy atom. The molecule has 0 aliphatic carbocycles. The molecule has 14 heteroatoms. The Balaban J connectivity index is 1.68. The zero-order valence-electron chi connectivity index (χ0n) is 55.6. The second kappa shape index (κ2) is 58.7. The molecular weight excluding hydrogens is 1130 g/mol. The van der Waals surface area contributed by atoms with Crippen molar-refractivity contribution in [2.24, 2.45) is 0 Å². The highest BCUT2D eigenvalue weighted by atomic mass is 16.7. The van der Waals surface area contributed by atoms with Crippen LogP contribution in [0.4, 0.5) is 0 Å². The molecule has 512 valence electrons. The summed E-state index contributed by atoms with van der Waals surface area (Å²) in [6.45, 7) is 2.65. The van der Waals surface area contributed by atoms with Gasteiger partial charge in [0.05, 0.1) is 32.0 Å². The summed E-state index contributed by atoms with van der Waals surface area (Å²) < 4.78 is 22.8. The lowest BCUT2D eigenvalue weighted by atomic mass is 9.97. The summed E-state index contributed by atoms with van der Waals surface area (Å²) >= 11 is 0. The molecule has 0 aromatic heterocycles. The molecule has 2 aliphatic rings. The van der Waals surface area contributed by atoms with Crippen molar-refractivity contribution in [2.75, 3.05) is 19.8 Å². The number of nitrogens with one attached hydrogen (secondary N) is 1. The Hall–Kier alpha value is -4.13. The SMILES string of the molecule is CC/C=C\C/C=C\C/C=C\C/C=C\C/C=C\C/C=C\C/C=C\C/C=C\C/C=C\CCCCCCCCCCCC(=O)NC(COC1OC(CO)C(OC2OC(CO)C(O)C(O)C2O)C(O)C1O)C(O)/C=C/CC/C=C/CC/C=C/CCCCCCCCCCC. The van der Waals surface area contributed by atoms with Crippen molar-refractivity contribution in [1.82, 2.24) is 5.32 Å². The number of aliphatic hydroxyl groups excluding tert-OH is 8. The normalized spacial score (nSPS) is 23.8. The van der Waals surface area contributed by atoms with Gasteiger partial charge in [0.25, 0.3) is 0 Å². The molecule has 0 saturated carbocycles. The summed E-state index contributed by atoms with van der Waals surface area (Å²) in [6.07, 6.45) is 71.8. The smallest absolute Gasteiger partial charge is 0.220 e. The maximum Gasteiger partial charge on any atom is 0.220 e. The average molecular weight is 1260 g/mol. The van der Waals surface area contributed by atoms with E-state index in [2.05, 4.69) is 153 Å². The van der Waals surface area contributed by atoms with Crippen LogP contribution >= 0.6 is 0 Å². The summed E-state index contributed by atoms with van der Waals surface area (Å²) in [5, 5.41) is 87.3. The van der Waals surface area contributed by atoms with Gasteiger partial charge in [-0.05, 0) is 116 Å². The predicted octanol–water partition coefficient (Wildman–Crippen LogP) is 14.5. The van der Waals surface area contributed by atoms with Gasteiger partial charge in [-0.15, -0.1) is 0 Å². The van der Waals surface area contributed by atoms with Crippen LogP contribution in [-0.2, 0) is 23.7 Å². The van der Waals surface area contributed by atoms with Crippen molar-refractivity contribution in [3.05, 3.63) is 146 Å². The molecule has 12 unspecified atom stereocenters. The van der Waals surface area contributed by atoms with Gasteiger partial charge in [-0.2, -0.15) is 0 Å². The zero-order chi connectivity index (χ0) is 65.2. The molecule has 0 radical (unpaired) electrons. The molecule has 9 N–H and O–H groups in total. The molecule has 2 aliphatic heterocycles. The molecule has 0 aromatic rings. The van der Waals surface area contributed by atoms with Gasteiger partial charge in [0.1, 0.15) is 48.8 Å². The first-order chi connectivity index (χ1) is 44.1. The highest BCUT2D eigenvalue weighted by Crippen LogP contribution is 2.30. The summed E-state index contributed by atoms with van der Waals surface area (Å²) in [4.78, 5) is 13.3. The lowest BCUT2D eigenvalue weighted by molar-refractivity contribution is -0.359. The van der Waals surface area contributed by atoms with E-state index in [0.29, 0.717) is 12.8 Å². The van der Waals surface area contributed by atoms with E-state index >= 15 is 0 Å². The average Bonchev–Trinajstić information content (AvgIpc) is 1.58. The number of hydrogen-bond donors (Lipinski definition) is 9. The van der Waals surface area contributed by atoms with Gasteiger partial charge in [-0.25, -0.2) is 0 Å². The van der Waals surface area contributed by atoms with E-state index in [1.54, 1.807) is 6.08 Å². The molecule has 0 aromatic carbocycles. The van der Waals surface area contributed by atoms with E-state index in [4.69, 9.17) is 18.9 Å². The van der Waals surface area contributed by atoms with Crippen molar-refractivity contribution in [1.29, 1.82) is 0 Å². The molecule has 1 amide bonds. The number of carbonyl (C=O) groups is 1. The number of carbonyl (C=O) groups excluding carboxylic acids is 1. The van der Waals surface area contributed by atoms with Crippen molar-refractivity contribution in [3.8, 4) is 0 Å². The molecule has 90 heavy (non-hydrogen) atoms. The number of rotatable bonds is 55. The second-order valence-electron chi connectivity index (χ2n) is 23.9. The van der Waals surface area contributed by atoms with Crippen molar-refractivity contribution < 1.29 is 64.6 Å². The molecule has 2 heterocycles. The third-order valence-electron chi connectivity index (χ3n) is 16.0. The first-order valence-corrected chi connectivity index (χ1v) is 35.1. The van der Waals surface area contributed by atoms with Crippen LogP contribution in [-0.4, -0.2) is 140 Å². The third-order valence-corrected chi connectivity index (χ3v) is 16.0. The van der Waals surface area contributed by atoms with Crippen LogP contribution in [0, 0.1) is 0 Å². The summed E-state index contributed by atoms with van der Waals surface area (Å²) in [6, 6.07) is -0.953. The van der Waals surface area contributed by atoms with E-state index in [1.807, 2.05) is 6.08 Å². The van der Waals surface area contributed by atoms with Crippen LogP contribution in [0.3, 0.4) is 0 Å². The predicted molar refractivity (Wildman–Crippen MR) is 368 cm³/mol. The van der Waals surface area contributed by atoms with Crippen LogP contribution in [0.5, 0.6) is 0 Å². The second-order valence-corrected chi connectivity index (χ2v) is 23.9. The van der Waals surface area contributed by atoms with E-state index in [1.165, 1.54) is 83.5 Å². The number of aliphatic hydroxyl groups is 8. The van der Waals surface area contributed by atoms with Gasteiger partial charge in [-0.1, -0.05) is 256 Å². The fourth-order valence-electron chi connectivity index (χ4n) is 10.4. The standard InChI is InChI=1S/C76H125NO13/c1-3-5-7-9-11-13-15-17-19-21-23-24-25-26-27-28-29-30-31-32-33-34-35-36-37-38-39-40-42-44-46-48-50-52-54-56-58-60-68(81)77-64(65(80)59-57-55-53-51-49-47-45-43-41-22-20-18-16-14-12-10-8-6-4-2)63-87-75-73(86)71(84)74(67(62-79)89-75)90-76-72(85)70(83)69(82)66(61-78)88-76/h5,7,11,13,17,19,23-24,26-27,29-30,32-33,35-36,38-39,41,43,49,51,57,59,64-67,69-76,78-80,82-86H,3-4,6,8-10,12,14-16,18,20-22,25,28,31,34,37,40,42,44-48,50,52-56,58,60-63H2,1-2H3,(H,77,81)/b7-5-,13-11-,19-17-,24-23-,27-26-,30-29-,33-32-,36-35-,39-38-,43-41+,51-49+,59-57+. The van der Waals surface area contributed by atoms with Crippen LogP contribution in [0.1, 0.15) is 232 Å². The van der Waals surface area contributed by atoms with Gasteiger partial charge in [0.15, 0.2) is 12.6 Å². The Morgan fingerprint density at radius 1 is 0.411 bits per heavy atom. The summed E-state index contributed by atoms with van der Waals surface area (Å²) in [5.41, 5.74) is 0. The van der Waals surface area contributed by atoms with Gasteiger partial charge >= 0.3 is 0 Å². The summed E-state index contributed by atoms with van der Waals surface area (Å²) in [5.74, 6) is -0.266. The quantitative estimate of drug-likeness (QED) is 0.0204. The van der Waals surface area contributed by atoms with E-state index in [9.17, 15) is 45.6 Å². The van der Waals surface area contributed by atoms with Crippen molar-refractivity contribution >= 4 is 5.91 Å². The maximum atomic E-state index is 13.3. The summed E-state index contributed by atoms with van der Waals surface area (Å²) in [7, 11) is 0. The van der Waals surface area contributed by atoms with Crippen molar-refractivity contribution in [2.45, 2.75) is 306 Å². The van der Waals surface area contributed by atoms with Gasteiger partial charge in [0.2, 0.25) is 5.91 Å². The third kappa shape index (κ3) is 42.2. The number of hydrogen-bond acceptors (Lipinski definition) is 13. The minimum absolute atomic E-state index is 0.253. The molecule has 12 atom stereocenters. The van der Waals surface area contributed by atoms with Crippen LogP contribution in [0.2, 0.25) is 0 Å². The fraction of sp³-hybridized carbons (Fsp3) is 0.671. The Labute approximate surface area is 544 Å². The molecular formula is C76H125NO13. The van der Waals surface area contributed by atoms with Crippen LogP contribution < -0.4 is 5.32 Å². The van der Waals surface area contributed by atoms with Crippen LogP contribution in [0.25, 0.3) is 0 Å². The topological polar surface area (TPSA) is 228 Å². The molecule has 14 nitrogen and oxygen atoms in total. The Bertz CT molecular complexity index is 2070. The minimum atomic E-state index is -1.80. The number of allylic oxidation sites excluding steroid dienone is 23. The van der Waals surface area contributed by atoms with E-state index in [-0.39, 0.29) is 18.9 Å². The molecule has 2 saturated heterocycles. The molecule has 0 bridgehead atoms.